The van der Waals surface area contributed by atoms with Gasteiger partial charge < -0.3 is 10.7 Å². The van der Waals surface area contributed by atoms with Crippen molar-refractivity contribution in [2.45, 2.75) is 45.6 Å². The van der Waals surface area contributed by atoms with Crippen LogP contribution in [0.1, 0.15) is 39.5 Å². The molecule has 2 unspecified atom stereocenters. The fourth-order valence-corrected chi connectivity index (χ4v) is 2.77. The predicted octanol–water partition coefficient (Wildman–Crippen LogP) is -0.135. The number of carbonyl (C=O) groups is 1. The highest BCUT2D eigenvalue weighted by molar-refractivity contribution is 5.75. The van der Waals surface area contributed by atoms with E-state index in [4.69, 9.17) is 5.84 Å². The fraction of sp³-hybridized carbons (Fsp3) is 0.571. The van der Waals surface area contributed by atoms with Crippen LogP contribution in [0.15, 0.2) is 28.7 Å². The second-order valence-corrected chi connectivity index (χ2v) is 5.52. The quantitative estimate of drug-likeness (QED) is 0.427. The normalized spacial score (nSPS) is 26.2. The number of nitrogens with two attached hydrogens (primary N) is 2. The molecule has 0 aromatic carbocycles. The summed E-state index contributed by atoms with van der Waals surface area (Å²) in [5.74, 6) is 7.22. The summed E-state index contributed by atoms with van der Waals surface area (Å²) in [6.07, 6.45) is 7.84. The van der Waals surface area contributed by atoms with Gasteiger partial charge in [-0.3, -0.25) is 16.0 Å². The van der Waals surface area contributed by atoms with Gasteiger partial charge in [0.1, 0.15) is 11.4 Å². The van der Waals surface area contributed by atoms with Crippen LogP contribution >= 0.6 is 0 Å². The van der Waals surface area contributed by atoms with Crippen molar-refractivity contribution in [2.75, 3.05) is 0 Å². The summed E-state index contributed by atoms with van der Waals surface area (Å²) in [6.45, 7) is 3.71. The molecule has 110 valence electrons. The number of amides is 1. The SMILES string of the molecule is CC(=O)NC1CCCC([NH2+]C2=NC=CC(C)C2)=C1NN. The summed E-state index contributed by atoms with van der Waals surface area (Å²) < 4.78 is 0. The van der Waals surface area contributed by atoms with Crippen molar-refractivity contribution in [1.29, 1.82) is 0 Å². The van der Waals surface area contributed by atoms with Crippen LogP contribution in [0.3, 0.4) is 0 Å². The van der Waals surface area contributed by atoms with E-state index in [-0.39, 0.29) is 11.9 Å². The van der Waals surface area contributed by atoms with Crippen LogP contribution in [0.2, 0.25) is 0 Å². The number of hydrogen-bond acceptors (Lipinski definition) is 4. The number of nitrogens with zero attached hydrogens (tertiary/aromatic N) is 1. The zero-order chi connectivity index (χ0) is 14.5. The minimum Gasteiger partial charge on any atom is -0.348 e. The van der Waals surface area contributed by atoms with Crippen LogP contribution in [0.25, 0.3) is 0 Å². The van der Waals surface area contributed by atoms with E-state index in [2.05, 4.69) is 34.1 Å². The maximum atomic E-state index is 11.3. The Balaban J connectivity index is 2.14. The van der Waals surface area contributed by atoms with Crippen LogP contribution in [-0.4, -0.2) is 17.8 Å². The van der Waals surface area contributed by atoms with Crippen molar-refractivity contribution in [2.24, 2.45) is 16.8 Å². The molecule has 6 nitrogen and oxygen atoms in total. The Morgan fingerprint density at radius 1 is 1.55 bits per heavy atom. The number of amidine groups is 1. The highest BCUT2D eigenvalue weighted by Gasteiger charge is 2.27. The Morgan fingerprint density at radius 2 is 2.35 bits per heavy atom. The summed E-state index contributed by atoms with van der Waals surface area (Å²) in [7, 11) is 0. The van der Waals surface area contributed by atoms with Gasteiger partial charge in [0.25, 0.3) is 0 Å². The summed E-state index contributed by atoms with van der Waals surface area (Å²) in [5, 5.41) is 5.06. The average Bonchev–Trinajstić information content (AvgIpc) is 2.38. The smallest absolute Gasteiger partial charge is 0.217 e. The Morgan fingerprint density at radius 3 is 3.00 bits per heavy atom. The molecule has 0 bridgehead atoms. The molecular formula is C14H24N5O+. The van der Waals surface area contributed by atoms with Gasteiger partial charge in [0, 0.05) is 26.0 Å². The van der Waals surface area contributed by atoms with Crippen molar-refractivity contribution in [3.8, 4) is 0 Å². The molecule has 0 saturated carbocycles. The first kappa shape index (κ1) is 14.7. The number of aliphatic imine (C=N–C) groups is 1. The molecule has 0 saturated heterocycles. The van der Waals surface area contributed by atoms with E-state index >= 15 is 0 Å². The molecule has 6 heteroatoms. The maximum Gasteiger partial charge on any atom is 0.217 e. The number of allylic oxidation sites excluding steroid dienone is 2. The Labute approximate surface area is 119 Å². The Bertz CT molecular complexity index is 466. The third-order valence-corrected chi connectivity index (χ3v) is 3.69. The lowest BCUT2D eigenvalue weighted by Gasteiger charge is -2.27. The molecule has 0 spiro atoms. The van der Waals surface area contributed by atoms with Gasteiger partial charge in [0.2, 0.25) is 11.7 Å². The fourth-order valence-electron chi connectivity index (χ4n) is 2.77. The lowest BCUT2D eigenvalue weighted by Crippen LogP contribution is -2.87. The van der Waals surface area contributed by atoms with Gasteiger partial charge in [0.15, 0.2) is 0 Å². The lowest BCUT2D eigenvalue weighted by molar-refractivity contribution is -0.492. The van der Waals surface area contributed by atoms with Gasteiger partial charge >= 0.3 is 0 Å². The summed E-state index contributed by atoms with van der Waals surface area (Å²) in [5.41, 5.74) is 4.84. The van der Waals surface area contributed by atoms with Gasteiger partial charge in [0.05, 0.1) is 6.04 Å². The summed E-state index contributed by atoms with van der Waals surface area (Å²) >= 11 is 0. The van der Waals surface area contributed by atoms with Crippen LogP contribution in [0.5, 0.6) is 0 Å². The topological polar surface area (TPSA) is 96.1 Å². The van der Waals surface area contributed by atoms with E-state index in [0.717, 1.165) is 42.9 Å². The molecule has 2 aliphatic rings. The van der Waals surface area contributed by atoms with E-state index in [9.17, 15) is 4.79 Å². The van der Waals surface area contributed by atoms with Gasteiger partial charge in [-0.2, -0.15) is 0 Å². The predicted molar refractivity (Wildman–Crippen MR) is 78.1 cm³/mol. The molecule has 2 atom stereocenters. The van der Waals surface area contributed by atoms with Crippen LogP contribution in [0.4, 0.5) is 0 Å². The average molecular weight is 278 g/mol. The molecule has 0 aromatic heterocycles. The van der Waals surface area contributed by atoms with Gasteiger partial charge in [-0.25, -0.2) is 4.99 Å². The minimum absolute atomic E-state index is 0.0188. The van der Waals surface area contributed by atoms with E-state index in [0.29, 0.717) is 5.92 Å². The van der Waals surface area contributed by atoms with E-state index < -0.39 is 0 Å². The number of nitrogens with one attached hydrogen (secondary N) is 2. The molecule has 1 aliphatic carbocycles. The zero-order valence-electron chi connectivity index (χ0n) is 12.1. The molecule has 0 radical (unpaired) electrons. The second-order valence-electron chi connectivity index (χ2n) is 5.52. The van der Waals surface area contributed by atoms with Gasteiger partial charge in [-0.15, -0.1) is 0 Å². The van der Waals surface area contributed by atoms with Crippen molar-refractivity contribution in [3.63, 3.8) is 0 Å². The third-order valence-electron chi connectivity index (χ3n) is 3.69. The molecule has 0 fully saturated rings. The van der Waals surface area contributed by atoms with Crippen molar-refractivity contribution in [3.05, 3.63) is 23.7 Å². The highest BCUT2D eigenvalue weighted by atomic mass is 16.1. The minimum atomic E-state index is -0.0319. The first-order valence-electron chi connectivity index (χ1n) is 7.15. The molecule has 2 rings (SSSR count). The first-order valence-corrected chi connectivity index (χ1v) is 7.15. The van der Waals surface area contributed by atoms with Crippen LogP contribution < -0.4 is 21.9 Å². The third kappa shape index (κ3) is 3.68. The number of carbonyl (C=O) groups excluding carboxylic acids is 1. The Hall–Kier alpha value is -1.66. The molecule has 6 N–H and O–H groups in total. The molecule has 1 heterocycles. The summed E-state index contributed by atoms with van der Waals surface area (Å²) in [4.78, 5) is 15.7. The molecule has 1 aliphatic heterocycles. The molecule has 20 heavy (non-hydrogen) atoms. The maximum absolute atomic E-state index is 11.3. The lowest BCUT2D eigenvalue weighted by atomic mass is 9.95. The van der Waals surface area contributed by atoms with E-state index in [1.165, 1.54) is 6.92 Å². The monoisotopic (exact) mass is 278 g/mol. The second kappa shape index (κ2) is 6.67. The highest BCUT2D eigenvalue weighted by Crippen LogP contribution is 2.19. The molecule has 1 amide bonds. The van der Waals surface area contributed by atoms with Crippen molar-refractivity contribution < 1.29 is 10.1 Å². The Kier molecular flexibility index (Phi) is 4.92. The van der Waals surface area contributed by atoms with E-state index in [1.807, 2.05) is 6.20 Å². The van der Waals surface area contributed by atoms with E-state index in [1.54, 1.807) is 0 Å². The summed E-state index contributed by atoms with van der Waals surface area (Å²) in [6, 6.07) is -0.0188. The number of quaternary nitrogens is 1. The standard InChI is InChI=1S/C14H23N5O/c1-9-6-7-16-13(8-9)18-12-5-3-4-11(14(12)19-15)17-10(2)20/h6-7,9,11,19H,3-5,8,15H2,1-2H3,(H,16,18)(H,17,20)/p+1. The largest absolute Gasteiger partial charge is 0.348 e. The number of rotatable bonds is 3. The molecule has 0 aromatic rings. The zero-order valence-corrected chi connectivity index (χ0v) is 12.1. The number of hydrogen-bond donors (Lipinski definition) is 4. The van der Waals surface area contributed by atoms with Gasteiger partial charge in [-0.05, 0) is 18.8 Å². The van der Waals surface area contributed by atoms with Crippen molar-refractivity contribution >= 4 is 11.7 Å². The molecular weight excluding hydrogens is 254 g/mol. The first-order chi connectivity index (χ1) is 9.60. The number of hydrazine groups is 1. The van der Waals surface area contributed by atoms with Crippen LogP contribution in [-0.2, 0) is 4.79 Å². The van der Waals surface area contributed by atoms with Crippen LogP contribution in [0, 0.1) is 5.92 Å². The van der Waals surface area contributed by atoms with Crippen molar-refractivity contribution in [1.82, 2.24) is 10.7 Å². The van der Waals surface area contributed by atoms with Gasteiger partial charge in [-0.1, -0.05) is 13.0 Å².